The first-order valence-electron chi connectivity index (χ1n) is 6.83. The largest absolute Gasteiger partial charge is 0.486 e. The molecular weight excluding hydrogens is 266 g/mol. The van der Waals surface area contributed by atoms with E-state index in [2.05, 4.69) is 6.07 Å². The Kier molecular flexibility index (Phi) is 3.92. The summed E-state index contributed by atoms with van der Waals surface area (Å²) in [4.78, 5) is 0. The van der Waals surface area contributed by atoms with Crippen molar-refractivity contribution in [1.82, 2.24) is 0 Å². The first kappa shape index (κ1) is 13.3. The summed E-state index contributed by atoms with van der Waals surface area (Å²) in [5, 5.41) is 8.86. The minimum atomic E-state index is 0.296. The molecule has 21 heavy (non-hydrogen) atoms. The maximum Gasteiger partial charge on any atom is 0.204 e. The Morgan fingerprint density at radius 1 is 1.00 bits per heavy atom. The molecule has 2 aromatic carbocycles. The molecule has 106 valence electrons. The maximum atomic E-state index is 8.86. The standard InChI is InChI=1S/C17H15NO3/c18-9-8-14-6-7-15(17-16(14)19-10-11-20-17)21-12-13-4-2-1-3-5-13/h1-7H,8,10-12H2. The molecule has 0 unspecified atom stereocenters. The molecule has 0 fully saturated rings. The van der Waals surface area contributed by atoms with Crippen LogP contribution in [0.25, 0.3) is 0 Å². The van der Waals surface area contributed by atoms with Crippen LogP contribution in [0.15, 0.2) is 42.5 Å². The van der Waals surface area contributed by atoms with Gasteiger partial charge in [0.25, 0.3) is 0 Å². The lowest BCUT2D eigenvalue weighted by molar-refractivity contribution is 0.159. The average Bonchev–Trinajstić information content (AvgIpc) is 2.55. The molecule has 2 aromatic rings. The molecule has 1 aliphatic heterocycles. The van der Waals surface area contributed by atoms with Gasteiger partial charge in [-0.05, 0) is 11.6 Å². The number of hydrogen-bond donors (Lipinski definition) is 0. The highest BCUT2D eigenvalue weighted by atomic mass is 16.6. The van der Waals surface area contributed by atoms with Gasteiger partial charge in [-0.25, -0.2) is 0 Å². The lowest BCUT2D eigenvalue weighted by Gasteiger charge is -2.23. The monoisotopic (exact) mass is 281 g/mol. The third-order valence-corrected chi connectivity index (χ3v) is 3.24. The molecule has 0 saturated heterocycles. The van der Waals surface area contributed by atoms with Crippen LogP contribution in [-0.4, -0.2) is 13.2 Å². The lowest BCUT2D eigenvalue weighted by atomic mass is 10.1. The van der Waals surface area contributed by atoms with Gasteiger partial charge in [0.2, 0.25) is 5.75 Å². The van der Waals surface area contributed by atoms with Crippen molar-refractivity contribution < 1.29 is 14.2 Å². The summed E-state index contributed by atoms with van der Waals surface area (Å²) in [5.74, 6) is 1.88. The number of nitrogens with zero attached hydrogens (tertiary/aromatic N) is 1. The Morgan fingerprint density at radius 3 is 2.52 bits per heavy atom. The van der Waals surface area contributed by atoms with E-state index >= 15 is 0 Å². The molecule has 4 heteroatoms. The SMILES string of the molecule is N#CCc1ccc(OCc2ccccc2)c2c1OCCO2. The number of nitriles is 1. The van der Waals surface area contributed by atoms with Crippen LogP contribution in [-0.2, 0) is 13.0 Å². The van der Waals surface area contributed by atoms with Gasteiger partial charge >= 0.3 is 0 Å². The molecule has 0 spiro atoms. The molecule has 0 aliphatic carbocycles. The minimum Gasteiger partial charge on any atom is -0.486 e. The predicted molar refractivity (Wildman–Crippen MR) is 77.5 cm³/mol. The van der Waals surface area contributed by atoms with E-state index in [0.717, 1.165) is 11.1 Å². The van der Waals surface area contributed by atoms with E-state index in [1.165, 1.54) is 0 Å². The Balaban J connectivity index is 1.84. The fraction of sp³-hybridized carbons (Fsp3) is 0.235. The molecule has 0 radical (unpaired) electrons. The molecule has 1 aliphatic rings. The second kappa shape index (κ2) is 6.19. The van der Waals surface area contributed by atoms with Gasteiger partial charge in [-0.3, -0.25) is 0 Å². The smallest absolute Gasteiger partial charge is 0.204 e. The molecule has 4 nitrogen and oxygen atoms in total. The van der Waals surface area contributed by atoms with Crippen molar-refractivity contribution in [3.63, 3.8) is 0 Å². The van der Waals surface area contributed by atoms with Crippen LogP contribution in [0.5, 0.6) is 17.2 Å². The highest BCUT2D eigenvalue weighted by Crippen LogP contribution is 2.42. The molecule has 0 amide bonds. The van der Waals surface area contributed by atoms with Crippen molar-refractivity contribution in [2.45, 2.75) is 13.0 Å². The zero-order chi connectivity index (χ0) is 14.5. The quantitative estimate of drug-likeness (QED) is 0.864. The molecular formula is C17H15NO3. The lowest BCUT2D eigenvalue weighted by Crippen LogP contribution is -2.17. The molecule has 0 atom stereocenters. The van der Waals surface area contributed by atoms with Crippen LogP contribution < -0.4 is 14.2 Å². The molecule has 0 N–H and O–H groups in total. The predicted octanol–water partition coefficient (Wildman–Crippen LogP) is 3.10. The summed E-state index contributed by atoms with van der Waals surface area (Å²) < 4.78 is 17.2. The highest BCUT2D eigenvalue weighted by molar-refractivity contribution is 5.57. The number of benzene rings is 2. The first-order chi connectivity index (χ1) is 10.4. The summed E-state index contributed by atoms with van der Waals surface area (Å²) in [6.07, 6.45) is 0.296. The Hall–Kier alpha value is -2.67. The van der Waals surface area contributed by atoms with Crippen molar-refractivity contribution in [2.75, 3.05) is 13.2 Å². The van der Waals surface area contributed by atoms with Crippen molar-refractivity contribution in [1.29, 1.82) is 5.26 Å². The van der Waals surface area contributed by atoms with Gasteiger partial charge in [-0.2, -0.15) is 5.26 Å². The van der Waals surface area contributed by atoms with Gasteiger partial charge in [0.1, 0.15) is 19.8 Å². The Bertz CT molecular complexity index is 662. The van der Waals surface area contributed by atoms with Crippen LogP contribution in [0, 0.1) is 11.3 Å². The molecule has 3 rings (SSSR count). The topological polar surface area (TPSA) is 51.5 Å². The van der Waals surface area contributed by atoms with Crippen molar-refractivity contribution in [2.24, 2.45) is 0 Å². The van der Waals surface area contributed by atoms with Crippen molar-refractivity contribution >= 4 is 0 Å². The Morgan fingerprint density at radius 2 is 1.76 bits per heavy atom. The van der Waals surface area contributed by atoms with Gasteiger partial charge < -0.3 is 14.2 Å². The van der Waals surface area contributed by atoms with Gasteiger partial charge in [0, 0.05) is 5.56 Å². The normalized spacial score (nSPS) is 12.5. The summed E-state index contributed by atoms with van der Waals surface area (Å²) in [6.45, 7) is 1.45. The zero-order valence-corrected chi connectivity index (χ0v) is 11.5. The number of fused-ring (bicyclic) bond motifs is 1. The fourth-order valence-corrected chi connectivity index (χ4v) is 2.24. The zero-order valence-electron chi connectivity index (χ0n) is 11.5. The van der Waals surface area contributed by atoms with E-state index in [9.17, 15) is 0 Å². The van der Waals surface area contributed by atoms with Gasteiger partial charge in [-0.15, -0.1) is 0 Å². The third-order valence-electron chi connectivity index (χ3n) is 3.24. The van der Waals surface area contributed by atoms with E-state index in [0.29, 0.717) is 43.5 Å². The molecule has 0 aromatic heterocycles. The van der Waals surface area contributed by atoms with Crippen LogP contribution in [0.3, 0.4) is 0 Å². The van der Waals surface area contributed by atoms with Crippen LogP contribution in [0.4, 0.5) is 0 Å². The van der Waals surface area contributed by atoms with Crippen molar-refractivity contribution in [3.8, 4) is 23.3 Å². The average molecular weight is 281 g/mol. The van der Waals surface area contributed by atoms with E-state index in [-0.39, 0.29) is 0 Å². The van der Waals surface area contributed by atoms with E-state index in [1.54, 1.807) is 0 Å². The second-order valence-corrected chi connectivity index (χ2v) is 4.69. The number of hydrogen-bond acceptors (Lipinski definition) is 4. The highest BCUT2D eigenvalue weighted by Gasteiger charge is 2.21. The summed E-state index contributed by atoms with van der Waals surface area (Å²) in [5.41, 5.74) is 1.92. The number of ether oxygens (including phenoxy) is 3. The first-order valence-corrected chi connectivity index (χ1v) is 6.83. The minimum absolute atomic E-state index is 0.296. The fourth-order valence-electron chi connectivity index (χ4n) is 2.24. The third kappa shape index (κ3) is 2.92. The summed E-state index contributed by atoms with van der Waals surface area (Å²) in [7, 11) is 0. The Labute approximate surface area is 123 Å². The van der Waals surface area contributed by atoms with E-state index in [1.807, 2.05) is 42.5 Å². The summed E-state index contributed by atoms with van der Waals surface area (Å²) in [6, 6.07) is 15.8. The molecule has 0 saturated carbocycles. The van der Waals surface area contributed by atoms with Gasteiger partial charge in [0.15, 0.2) is 11.5 Å². The van der Waals surface area contributed by atoms with Gasteiger partial charge in [-0.1, -0.05) is 36.4 Å². The summed E-state index contributed by atoms with van der Waals surface area (Å²) >= 11 is 0. The van der Waals surface area contributed by atoms with Crippen molar-refractivity contribution in [3.05, 3.63) is 53.6 Å². The van der Waals surface area contributed by atoms with E-state index < -0.39 is 0 Å². The van der Waals surface area contributed by atoms with E-state index in [4.69, 9.17) is 19.5 Å². The van der Waals surface area contributed by atoms with Gasteiger partial charge in [0.05, 0.1) is 12.5 Å². The molecule has 1 heterocycles. The number of rotatable bonds is 4. The van der Waals surface area contributed by atoms with Crippen LogP contribution in [0.1, 0.15) is 11.1 Å². The van der Waals surface area contributed by atoms with Crippen LogP contribution in [0.2, 0.25) is 0 Å². The maximum absolute atomic E-state index is 8.86. The van der Waals surface area contributed by atoms with Crippen LogP contribution >= 0.6 is 0 Å². The second-order valence-electron chi connectivity index (χ2n) is 4.69. The molecule has 0 bridgehead atoms.